The molecule has 0 spiro atoms. The lowest BCUT2D eigenvalue weighted by Gasteiger charge is -2.28. The van der Waals surface area contributed by atoms with Crippen molar-refractivity contribution in [3.05, 3.63) is 0 Å². The van der Waals surface area contributed by atoms with Crippen LogP contribution >= 0.6 is 0 Å². The molecule has 0 radical (unpaired) electrons. The number of ketones is 2. The van der Waals surface area contributed by atoms with E-state index in [1.165, 1.54) is 141 Å². The Morgan fingerprint density at radius 3 is 0.844 bits per heavy atom. The highest BCUT2D eigenvalue weighted by Gasteiger charge is 2.51. The van der Waals surface area contributed by atoms with Crippen molar-refractivity contribution in [2.75, 3.05) is 0 Å². The first-order chi connectivity index (χ1) is 21.8. The molecule has 45 heavy (non-hydrogen) atoms. The van der Waals surface area contributed by atoms with Crippen LogP contribution in [0.15, 0.2) is 0 Å². The lowest BCUT2D eigenvalue weighted by Crippen LogP contribution is -2.60. The predicted octanol–water partition coefficient (Wildman–Crippen LogP) is 10.2. The van der Waals surface area contributed by atoms with Crippen LogP contribution in [-0.4, -0.2) is 39.4 Å². The molecule has 1 amide bonds. The average molecular weight is 638 g/mol. The van der Waals surface area contributed by atoms with Gasteiger partial charge in [-0.15, -0.1) is 0 Å². The first-order valence-electron chi connectivity index (χ1n) is 19.6. The fourth-order valence-electron chi connectivity index (χ4n) is 6.36. The maximum absolute atomic E-state index is 12.9. The van der Waals surface area contributed by atoms with E-state index in [4.69, 9.17) is 5.73 Å². The molecule has 0 aliphatic heterocycles. The Morgan fingerprint density at radius 1 is 0.444 bits per heavy atom. The molecular formula is C39H75NO5. The van der Waals surface area contributed by atoms with Gasteiger partial charge >= 0.3 is 0 Å². The van der Waals surface area contributed by atoms with Crippen LogP contribution in [0.3, 0.4) is 0 Å². The van der Waals surface area contributed by atoms with Crippen LogP contribution < -0.4 is 5.73 Å². The highest BCUT2D eigenvalue weighted by Crippen LogP contribution is 2.23. The average Bonchev–Trinajstić information content (AvgIpc) is 3.03. The number of nitrogens with two attached hydrogens (primary N) is 1. The molecule has 6 heteroatoms. The molecule has 0 aromatic heterocycles. The number of aliphatic hydroxyl groups excluding tert-OH is 1. The Bertz CT molecular complexity index is 664. The molecule has 0 aliphatic carbocycles. The molecule has 0 bridgehead atoms. The van der Waals surface area contributed by atoms with E-state index in [0.717, 1.165) is 38.5 Å². The summed E-state index contributed by atoms with van der Waals surface area (Å²) >= 11 is 0. The minimum absolute atomic E-state index is 0.0380. The van der Waals surface area contributed by atoms with E-state index in [9.17, 15) is 24.6 Å². The number of aliphatic hydroxyl groups is 2. The lowest BCUT2D eigenvalue weighted by molar-refractivity contribution is -0.168. The Morgan fingerprint density at radius 2 is 0.644 bits per heavy atom. The van der Waals surface area contributed by atoms with Gasteiger partial charge in [0.2, 0.25) is 11.5 Å². The van der Waals surface area contributed by atoms with Gasteiger partial charge in [0, 0.05) is 12.8 Å². The van der Waals surface area contributed by atoms with Crippen molar-refractivity contribution in [2.24, 2.45) is 5.73 Å². The Kier molecular flexibility index (Phi) is 30.5. The normalized spacial score (nSPS) is 12.4. The summed E-state index contributed by atoms with van der Waals surface area (Å²) in [5.41, 5.74) is 2.49. The van der Waals surface area contributed by atoms with Gasteiger partial charge in [-0.3, -0.25) is 14.4 Å². The van der Waals surface area contributed by atoms with Crippen LogP contribution in [0.1, 0.15) is 219 Å². The number of carbonyl (C=O) groups is 3. The zero-order chi connectivity index (χ0) is 33.4. The van der Waals surface area contributed by atoms with E-state index in [1.54, 1.807) is 0 Å². The largest absolute Gasteiger partial charge is 0.379 e. The number of carbonyl (C=O) groups excluding carboxylic acids is 3. The SMILES string of the molecule is CCCCCCCCCCCCCCCCCC(=O)C(O)(C(=O)CCCCCCCCCCCCCCCCC)C(O)C(N)=O. The Labute approximate surface area is 278 Å². The van der Waals surface area contributed by atoms with Crippen LogP contribution in [0.4, 0.5) is 0 Å². The van der Waals surface area contributed by atoms with Gasteiger partial charge in [-0.25, -0.2) is 0 Å². The van der Waals surface area contributed by atoms with E-state index in [1.807, 2.05) is 0 Å². The molecule has 0 saturated heterocycles. The number of amides is 1. The van der Waals surface area contributed by atoms with Gasteiger partial charge in [0.1, 0.15) is 0 Å². The topological polar surface area (TPSA) is 118 Å². The van der Waals surface area contributed by atoms with Crippen molar-refractivity contribution >= 4 is 17.5 Å². The molecule has 0 fully saturated rings. The standard InChI is InChI=1S/C39H75NO5/c1-3-5-7-9-11-13-15-17-19-21-23-25-27-29-31-33-35(41)39(45,37(43)38(40)44)36(42)34-32-30-28-26-24-22-20-18-16-14-12-10-8-6-4-2/h37,43,45H,3-34H2,1-2H3,(H2,40,44). The van der Waals surface area contributed by atoms with Crippen LogP contribution in [0.5, 0.6) is 0 Å². The smallest absolute Gasteiger partial charge is 0.250 e. The summed E-state index contributed by atoms with van der Waals surface area (Å²) in [6.45, 7) is 4.50. The van der Waals surface area contributed by atoms with E-state index in [2.05, 4.69) is 13.8 Å². The minimum atomic E-state index is -2.72. The number of Topliss-reactive ketones (excluding diaryl/α,β-unsaturated/α-hetero) is 2. The third-order valence-corrected chi connectivity index (χ3v) is 9.53. The molecule has 0 saturated carbocycles. The predicted molar refractivity (Wildman–Crippen MR) is 189 cm³/mol. The molecule has 0 aliphatic rings. The van der Waals surface area contributed by atoms with Gasteiger partial charge < -0.3 is 15.9 Å². The van der Waals surface area contributed by atoms with Gasteiger partial charge in [0.25, 0.3) is 0 Å². The second kappa shape index (κ2) is 31.3. The minimum Gasteiger partial charge on any atom is -0.379 e. The molecule has 4 N–H and O–H groups in total. The number of hydrogen-bond acceptors (Lipinski definition) is 5. The molecule has 0 rings (SSSR count). The Hall–Kier alpha value is -1.27. The van der Waals surface area contributed by atoms with Gasteiger partial charge in [0.15, 0.2) is 17.7 Å². The molecule has 1 unspecified atom stereocenters. The van der Waals surface area contributed by atoms with Crippen molar-refractivity contribution < 1.29 is 24.6 Å². The first-order valence-corrected chi connectivity index (χ1v) is 19.6. The molecular weight excluding hydrogens is 562 g/mol. The third kappa shape index (κ3) is 23.7. The van der Waals surface area contributed by atoms with Crippen molar-refractivity contribution in [3.8, 4) is 0 Å². The number of rotatable bonds is 36. The van der Waals surface area contributed by atoms with Crippen molar-refractivity contribution in [1.29, 1.82) is 0 Å². The molecule has 6 nitrogen and oxygen atoms in total. The van der Waals surface area contributed by atoms with Crippen molar-refractivity contribution in [1.82, 2.24) is 0 Å². The highest BCUT2D eigenvalue weighted by atomic mass is 16.4. The van der Waals surface area contributed by atoms with Crippen molar-refractivity contribution in [3.63, 3.8) is 0 Å². The number of unbranched alkanes of at least 4 members (excludes halogenated alkanes) is 28. The summed E-state index contributed by atoms with van der Waals surface area (Å²) in [7, 11) is 0. The first kappa shape index (κ1) is 43.7. The van der Waals surface area contributed by atoms with Gasteiger partial charge in [-0.2, -0.15) is 0 Å². The Balaban J connectivity index is 4.04. The molecule has 0 aromatic rings. The van der Waals surface area contributed by atoms with E-state index >= 15 is 0 Å². The highest BCUT2D eigenvalue weighted by molar-refractivity contribution is 6.14. The van der Waals surface area contributed by atoms with E-state index < -0.39 is 29.2 Å². The molecule has 0 heterocycles. The van der Waals surface area contributed by atoms with E-state index in [0.29, 0.717) is 12.8 Å². The lowest BCUT2D eigenvalue weighted by atomic mass is 9.82. The van der Waals surface area contributed by atoms with Crippen molar-refractivity contribution in [2.45, 2.75) is 231 Å². The molecule has 1 atom stereocenters. The summed E-state index contributed by atoms with van der Waals surface area (Å²) in [4.78, 5) is 37.5. The summed E-state index contributed by atoms with van der Waals surface area (Å²) in [6.07, 6.45) is 33.7. The maximum atomic E-state index is 12.9. The molecule has 0 aromatic carbocycles. The zero-order valence-electron chi connectivity index (χ0n) is 29.9. The van der Waals surface area contributed by atoms with Crippen LogP contribution in [0.25, 0.3) is 0 Å². The number of hydrogen-bond donors (Lipinski definition) is 3. The summed E-state index contributed by atoms with van der Waals surface area (Å²) in [5.74, 6) is -2.81. The second-order valence-corrected chi connectivity index (χ2v) is 13.8. The maximum Gasteiger partial charge on any atom is 0.250 e. The fraction of sp³-hybridized carbons (Fsp3) is 0.923. The van der Waals surface area contributed by atoms with E-state index in [-0.39, 0.29) is 12.8 Å². The number of primary amides is 1. The van der Waals surface area contributed by atoms with Gasteiger partial charge in [-0.1, -0.05) is 194 Å². The van der Waals surface area contributed by atoms with Crippen LogP contribution in [0.2, 0.25) is 0 Å². The zero-order valence-corrected chi connectivity index (χ0v) is 29.9. The van der Waals surface area contributed by atoms with Gasteiger partial charge in [-0.05, 0) is 12.8 Å². The summed E-state index contributed by atoms with van der Waals surface area (Å²) < 4.78 is 0. The summed E-state index contributed by atoms with van der Waals surface area (Å²) in [6, 6.07) is 0. The molecule has 266 valence electrons. The quantitative estimate of drug-likeness (QED) is 0.0467. The second-order valence-electron chi connectivity index (χ2n) is 13.8. The third-order valence-electron chi connectivity index (χ3n) is 9.53. The fourth-order valence-corrected chi connectivity index (χ4v) is 6.36. The monoisotopic (exact) mass is 638 g/mol. The van der Waals surface area contributed by atoms with Crippen LogP contribution in [0, 0.1) is 0 Å². The summed E-state index contributed by atoms with van der Waals surface area (Å²) in [5, 5.41) is 21.2. The van der Waals surface area contributed by atoms with Gasteiger partial charge in [0.05, 0.1) is 0 Å². The van der Waals surface area contributed by atoms with Crippen LogP contribution in [-0.2, 0) is 14.4 Å².